The van der Waals surface area contributed by atoms with Crippen molar-refractivity contribution in [3.63, 3.8) is 0 Å². The SMILES string of the molecule is CCC(N)Cc1ccc(OCC(=O)N(C)C(C)C)c(Cl)c1. The Bertz CT molecular complexity index is 477. The maximum Gasteiger partial charge on any atom is 0.260 e. The van der Waals surface area contributed by atoms with Gasteiger partial charge in [-0.1, -0.05) is 24.6 Å². The Kier molecular flexibility index (Phi) is 6.99. The number of ether oxygens (including phenoxy) is 1. The number of likely N-dealkylation sites (N-methyl/N-ethyl adjacent to an activating group) is 1. The summed E-state index contributed by atoms with van der Waals surface area (Å²) in [4.78, 5) is 13.5. The zero-order valence-corrected chi connectivity index (χ0v) is 14.0. The van der Waals surface area contributed by atoms with E-state index >= 15 is 0 Å². The first-order valence-corrected chi connectivity index (χ1v) is 7.65. The van der Waals surface area contributed by atoms with Gasteiger partial charge in [-0.25, -0.2) is 0 Å². The van der Waals surface area contributed by atoms with Gasteiger partial charge in [0.05, 0.1) is 5.02 Å². The molecule has 1 aromatic rings. The number of rotatable bonds is 7. The third kappa shape index (κ3) is 5.56. The summed E-state index contributed by atoms with van der Waals surface area (Å²) in [7, 11) is 1.76. The summed E-state index contributed by atoms with van der Waals surface area (Å²) in [5.41, 5.74) is 7.00. The number of hydrogen-bond acceptors (Lipinski definition) is 3. The second-order valence-corrected chi connectivity index (χ2v) is 5.93. The Hall–Kier alpha value is -1.26. The Morgan fingerprint density at radius 1 is 1.43 bits per heavy atom. The number of carbonyl (C=O) groups is 1. The van der Waals surface area contributed by atoms with Gasteiger partial charge in [0.1, 0.15) is 5.75 Å². The van der Waals surface area contributed by atoms with Crippen LogP contribution in [-0.4, -0.2) is 36.5 Å². The fourth-order valence-electron chi connectivity index (χ4n) is 1.76. The van der Waals surface area contributed by atoms with Crippen molar-refractivity contribution in [1.29, 1.82) is 0 Å². The molecule has 0 fully saturated rings. The van der Waals surface area contributed by atoms with Gasteiger partial charge in [0.25, 0.3) is 5.91 Å². The van der Waals surface area contributed by atoms with Gasteiger partial charge < -0.3 is 15.4 Å². The smallest absolute Gasteiger partial charge is 0.260 e. The minimum Gasteiger partial charge on any atom is -0.482 e. The van der Waals surface area contributed by atoms with Crippen LogP contribution in [0.2, 0.25) is 5.02 Å². The lowest BCUT2D eigenvalue weighted by Crippen LogP contribution is -2.36. The number of nitrogens with zero attached hydrogens (tertiary/aromatic N) is 1. The van der Waals surface area contributed by atoms with Gasteiger partial charge in [-0.3, -0.25) is 4.79 Å². The highest BCUT2D eigenvalue weighted by atomic mass is 35.5. The highest BCUT2D eigenvalue weighted by Crippen LogP contribution is 2.26. The molecule has 1 rings (SSSR count). The molecule has 0 spiro atoms. The molecule has 118 valence electrons. The van der Waals surface area contributed by atoms with Gasteiger partial charge in [-0.2, -0.15) is 0 Å². The molecule has 1 amide bonds. The van der Waals surface area contributed by atoms with Gasteiger partial charge in [0, 0.05) is 19.1 Å². The van der Waals surface area contributed by atoms with Crippen LogP contribution in [-0.2, 0) is 11.2 Å². The van der Waals surface area contributed by atoms with Gasteiger partial charge >= 0.3 is 0 Å². The molecule has 4 nitrogen and oxygen atoms in total. The molecule has 0 saturated heterocycles. The Balaban J connectivity index is 2.63. The van der Waals surface area contributed by atoms with Gasteiger partial charge in [-0.15, -0.1) is 0 Å². The molecule has 0 saturated carbocycles. The monoisotopic (exact) mass is 312 g/mol. The average Bonchev–Trinajstić information content (AvgIpc) is 2.44. The second kappa shape index (κ2) is 8.25. The Morgan fingerprint density at radius 2 is 2.10 bits per heavy atom. The van der Waals surface area contributed by atoms with E-state index in [0.29, 0.717) is 10.8 Å². The fourth-order valence-corrected chi connectivity index (χ4v) is 2.02. The molecule has 0 aliphatic heterocycles. The minimum atomic E-state index is -0.0712. The highest BCUT2D eigenvalue weighted by Gasteiger charge is 2.13. The van der Waals surface area contributed by atoms with E-state index in [9.17, 15) is 4.79 Å². The minimum absolute atomic E-state index is 0.0117. The molecule has 0 aromatic heterocycles. The first kappa shape index (κ1) is 17.8. The normalized spacial score (nSPS) is 12.3. The fraction of sp³-hybridized carbons (Fsp3) is 0.562. The summed E-state index contributed by atoms with van der Waals surface area (Å²) in [6, 6.07) is 5.86. The predicted octanol–water partition coefficient (Wildman–Crippen LogP) is 2.87. The van der Waals surface area contributed by atoms with Crippen LogP contribution in [0.25, 0.3) is 0 Å². The summed E-state index contributed by atoms with van der Waals surface area (Å²) in [5, 5.41) is 0.510. The van der Waals surface area contributed by atoms with Crippen LogP contribution in [0.1, 0.15) is 32.8 Å². The number of benzene rings is 1. The van der Waals surface area contributed by atoms with Crippen molar-refractivity contribution < 1.29 is 9.53 Å². The van der Waals surface area contributed by atoms with Gasteiger partial charge in [0.15, 0.2) is 6.61 Å². The lowest BCUT2D eigenvalue weighted by atomic mass is 10.0. The maximum atomic E-state index is 11.9. The van der Waals surface area contributed by atoms with E-state index in [0.717, 1.165) is 18.4 Å². The third-order valence-electron chi connectivity index (χ3n) is 3.54. The van der Waals surface area contributed by atoms with Crippen LogP contribution in [0.5, 0.6) is 5.75 Å². The van der Waals surface area contributed by atoms with Crippen molar-refractivity contribution in [1.82, 2.24) is 4.90 Å². The molecular formula is C16H25ClN2O2. The van der Waals surface area contributed by atoms with Gasteiger partial charge in [-0.05, 0) is 44.4 Å². The van der Waals surface area contributed by atoms with Crippen molar-refractivity contribution in [3.8, 4) is 5.75 Å². The average molecular weight is 313 g/mol. The predicted molar refractivity (Wildman–Crippen MR) is 86.8 cm³/mol. The largest absolute Gasteiger partial charge is 0.482 e. The molecule has 0 aliphatic carbocycles. The Labute approximate surface area is 132 Å². The van der Waals surface area contributed by atoms with E-state index < -0.39 is 0 Å². The number of halogens is 1. The van der Waals surface area contributed by atoms with E-state index in [1.165, 1.54) is 0 Å². The molecule has 5 heteroatoms. The lowest BCUT2D eigenvalue weighted by Gasteiger charge is -2.21. The number of nitrogens with two attached hydrogens (primary N) is 1. The molecule has 21 heavy (non-hydrogen) atoms. The van der Waals surface area contributed by atoms with Crippen LogP contribution >= 0.6 is 11.6 Å². The second-order valence-electron chi connectivity index (χ2n) is 5.52. The zero-order chi connectivity index (χ0) is 16.0. The topological polar surface area (TPSA) is 55.6 Å². The zero-order valence-electron chi connectivity index (χ0n) is 13.2. The van der Waals surface area contributed by atoms with Crippen molar-refractivity contribution in [3.05, 3.63) is 28.8 Å². The van der Waals surface area contributed by atoms with E-state index in [2.05, 4.69) is 6.92 Å². The third-order valence-corrected chi connectivity index (χ3v) is 3.83. The van der Waals surface area contributed by atoms with Crippen LogP contribution in [0, 0.1) is 0 Å². The van der Waals surface area contributed by atoms with Crippen molar-refractivity contribution in [2.24, 2.45) is 5.73 Å². The first-order chi connectivity index (χ1) is 9.85. The van der Waals surface area contributed by atoms with Crippen molar-refractivity contribution >= 4 is 17.5 Å². The summed E-state index contributed by atoms with van der Waals surface area (Å²) in [5.74, 6) is 0.453. The van der Waals surface area contributed by atoms with Crippen LogP contribution in [0.4, 0.5) is 0 Å². The maximum absolute atomic E-state index is 11.9. The molecule has 0 bridgehead atoms. The molecule has 0 radical (unpaired) electrons. The first-order valence-electron chi connectivity index (χ1n) is 7.27. The van der Waals surface area contributed by atoms with Crippen LogP contribution in [0.15, 0.2) is 18.2 Å². The van der Waals surface area contributed by atoms with E-state index in [1.54, 1.807) is 18.0 Å². The highest BCUT2D eigenvalue weighted by molar-refractivity contribution is 6.32. The Morgan fingerprint density at radius 3 is 2.62 bits per heavy atom. The van der Waals surface area contributed by atoms with Crippen molar-refractivity contribution in [2.75, 3.05) is 13.7 Å². The molecule has 1 aromatic carbocycles. The number of hydrogen-bond donors (Lipinski definition) is 1. The summed E-state index contributed by atoms with van der Waals surface area (Å²) in [6.07, 6.45) is 1.71. The van der Waals surface area contributed by atoms with E-state index in [4.69, 9.17) is 22.1 Å². The number of carbonyl (C=O) groups excluding carboxylic acids is 1. The summed E-state index contributed by atoms with van der Waals surface area (Å²) in [6.45, 7) is 5.95. The lowest BCUT2D eigenvalue weighted by molar-refractivity contribution is -0.133. The standard InChI is InChI=1S/C16H25ClN2O2/c1-5-13(18)8-12-6-7-15(14(17)9-12)21-10-16(20)19(4)11(2)3/h6-7,9,11,13H,5,8,10,18H2,1-4H3. The molecular weight excluding hydrogens is 288 g/mol. The van der Waals surface area contributed by atoms with E-state index in [-0.39, 0.29) is 24.6 Å². The van der Waals surface area contributed by atoms with E-state index in [1.807, 2.05) is 26.0 Å². The summed E-state index contributed by atoms with van der Waals surface area (Å²) >= 11 is 6.19. The quantitative estimate of drug-likeness (QED) is 0.842. The molecule has 0 heterocycles. The number of amides is 1. The molecule has 2 N–H and O–H groups in total. The van der Waals surface area contributed by atoms with Crippen LogP contribution < -0.4 is 10.5 Å². The summed E-state index contributed by atoms with van der Waals surface area (Å²) < 4.78 is 5.50. The molecule has 0 aliphatic rings. The van der Waals surface area contributed by atoms with Crippen LogP contribution in [0.3, 0.4) is 0 Å². The van der Waals surface area contributed by atoms with Gasteiger partial charge in [0.2, 0.25) is 0 Å². The molecule has 1 atom stereocenters. The molecule has 1 unspecified atom stereocenters. The van der Waals surface area contributed by atoms with Crippen molar-refractivity contribution in [2.45, 2.75) is 45.7 Å².